The van der Waals surface area contributed by atoms with Crippen molar-refractivity contribution < 1.29 is 18.7 Å². The number of carbonyl (C=O) groups is 1. The summed E-state index contributed by atoms with van der Waals surface area (Å²) in [5, 5.41) is 4.15. The number of rotatable bonds is 7. The van der Waals surface area contributed by atoms with Gasteiger partial charge in [0.25, 0.3) is 5.91 Å². The van der Waals surface area contributed by atoms with Gasteiger partial charge in [0, 0.05) is 36.2 Å². The second-order valence-corrected chi connectivity index (χ2v) is 8.83. The number of carbonyl (C=O) groups excluding carboxylic acids is 1. The van der Waals surface area contributed by atoms with Gasteiger partial charge in [-0.1, -0.05) is 24.6 Å². The highest BCUT2D eigenvalue weighted by Gasteiger charge is 2.39. The summed E-state index contributed by atoms with van der Waals surface area (Å²) in [7, 11) is 0. The number of furan rings is 1. The van der Waals surface area contributed by atoms with Crippen molar-refractivity contribution in [3.8, 4) is 0 Å². The van der Waals surface area contributed by atoms with E-state index in [-0.39, 0.29) is 17.6 Å². The molecular weight excluding hydrogens is 380 g/mol. The van der Waals surface area contributed by atoms with Crippen molar-refractivity contribution in [1.29, 1.82) is 0 Å². The predicted octanol–water partition coefficient (Wildman–Crippen LogP) is 4.12. The molecule has 1 aromatic carbocycles. The number of amides is 1. The molecule has 1 amide bonds. The van der Waals surface area contributed by atoms with Gasteiger partial charge in [-0.2, -0.15) is 0 Å². The minimum Gasteiger partial charge on any atom is -0.451 e. The zero-order valence-electron chi connectivity index (χ0n) is 18.2. The third-order valence-electron chi connectivity index (χ3n) is 6.49. The summed E-state index contributed by atoms with van der Waals surface area (Å²) in [6.07, 6.45) is 5.76. The van der Waals surface area contributed by atoms with Crippen LogP contribution in [0.25, 0.3) is 11.0 Å². The van der Waals surface area contributed by atoms with E-state index in [4.69, 9.17) is 13.9 Å². The Morgan fingerprint density at radius 1 is 1.17 bits per heavy atom. The SMILES string of the molecule is CC(C)OCc1c(C(=O)NCC2(N3CCCCC3)CCOCC2)oc2ccccc12. The molecule has 4 rings (SSSR count). The largest absolute Gasteiger partial charge is 0.451 e. The van der Waals surface area contributed by atoms with E-state index in [0.717, 1.165) is 55.7 Å². The molecule has 6 nitrogen and oxygen atoms in total. The first-order valence-corrected chi connectivity index (χ1v) is 11.3. The molecule has 0 saturated carbocycles. The fourth-order valence-corrected chi connectivity index (χ4v) is 4.73. The zero-order chi connectivity index (χ0) is 21.0. The van der Waals surface area contributed by atoms with E-state index in [1.54, 1.807) is 0 Å². The Balaban J connectivity index is 1.53. The number of para-hydroxylation sites is 1. The number of nitrogens with zero attached hydrogens (tertiary/aromatic N) is 1. The molecule has 2 fully saturated rings. The molecule has 0 radical (unpaired) electrons. The van der Waals surface area contributed by atoms with Crippen LogP contribution in [0.4, 0.5) is 0 Å². The summed E-state index contributed by atoms with van der Waals surface area (Å²) in [6.45, 7) is 8.70. The summed E-state index contributed by atoms with van der Waals surface area (Å²) >= 11 is 0. The van der Waals surface area contributed by atoms with Gasteiger partial charge >= 0.3 is 0 Å². The Hall–Kier alpha value is -1.89. The Morgan fingerprint density at radius 2 is 1.90 bits per heavy atom. The Kier molecular flexibility index (Phi) is 6.76. The van der Waals surface area contributed by atoms with Crippen molar-refractivity contribution >= 4 is 16.9 Å². The highest BCUT2D eigenvalue weighted by molar-refractivity contribution is 5.99. The minimum atomic E-state index is -0.156. The number of fused-ring (bicyclic) bond motifs is 1. The normalized spacial score (nSPS) is 20.0. The molecule has 2 aliphatic rings. The lowest BCUT2D eigenvalue weighted by Gasteiger charge is -2.48. The molecule has 1 aromatic heterocycles. The third-order valence-corrected chi connectivity index (χ3v) is 6.49. The average Bonchev–Trinajstić information content (AvgIpc) is 3.16. The Morgan fingerprint density at radius 3 is 2.63 bits per heavy atom. The number of nitrogens with one attached hydrogen (secondary N) is 1. The van der Waals surface area contributed by atoms with Gasteiger partial charge in [-0.3, -0.25) is 9.69 Å². The fourth-order valence-electron chi connectivity index (χ4n) is 4.73. The summed E-state index contributed by atoms with van der Waals surface area (Å²) in [6, 6.07) is 7.78. The van der Waals surface area contributed by atoms with Gasteiger partial charge in [0.15, 0.2) is 5.76 Å². The first kappa shape index (κ1) is 21.3. The number of ether oxygens (including phenoxy) is 2. The molecule has 2 aromatic rings. The average molecular weight is 415 g/mol. The molecule has 1 N–H and O–H groups in total. The molecular formula is C24H34N2O4. The molecule has 6 heteroatoms. The minimum absolute atomic E-state index is 0.0189. The van der Waals surface area contributed by atoms with Crippen molar-refractivity contribution in [3.63, 3.8) is 0 Å². The highest BCUT2D eigenvalue weighted by Crippen LogP contribution is 2.31. The maximum Gasteiger partial charge on any atom is 0.287 e. The third kappa shape index (κ3) is 4.56. The van der Waals surface area contributed by atoms with Crippen molar-refractivity contribution in [3.05, 3.63) is 35.6 Å². The number of benzene rings is 1. The molecule has 2 saturated heterocycles. The van der Waals surface area contributed by atoms with E-state index in [9.17, 15) is 4.79 Å². The smallest absolute Gasteiger partial charge is 0.287 e. The van der Waals surface area contributed by atoms with Crippen LogP contribution in [0.1, 0.15) is 62.1 Å². The van der Waals surface area contributed by atoms with Crippen LogP contribution in [0.2, 0.25) is 0 Å². The molecule has 3 heterocycles. The predicted molar refractivity (Wildman–Crippen MR) is 117 cm³/mol. The van der Waals surface area contributed by atoms with Gasteiger partial charge < -0.3 is 19.2 Å². The lowest BCUT2D eigenvalue weighted by atomic mass is 9.86. The fraction of sp³-hybridized carbons (Fsp3) is 0.625. The van der Waals surface area contributed by atoms with Crippen LogP contribution in [0, 0.1) is 0 Å². The molecule has 164 valence electrons. The van der Waals surface area contributed by atoms with Crippen LogP contribution in [0.3, 0.4) is 0 Å². The second kappa shape index (κ2) is 9.50. The summed E-state index contributed by atoms with van der Waals surface area (Å²) in [5.74, 6) is 0.217. The van der Waals surface area contributed by atoms with Gasteiger partial charge in [-0.05, 0) is 58.7 Å². The number of likely N-dealkylation sites (tertiary alicyclic amines) is 1. The van der Waals surface area contributed by atoms with Crippen molar-refractivity contribution in [1.82, 2.24) is 10.2 Å². The quantitative estimate of drug-likeness (QED) is 0.738. The number of hydrogen-bond donors (Lipinski definition) is 1. The number of hydrogen-bond acceptors (Lipinski definition) is 5. The lowest BCUT2D eigenvalue weighted by molar-refractivity contribution is -0.0350. The summed E-state index contributed by atoms with van der Waals surface area (Å²) in [5.41, 5.74) is 1.53. The van der Waals surface area contributed by atoms with Crippen LogP contribution in [0.15, 0.2) is 28.7 Å². The van der Waals surface area contributed by atoms with E-state index in [1.165, 1.54) is 19.3 Å². The van der Waals surface area contributed by atoms with Crippen LogP contribution >= 0.6 is 0 Å². The molecule has 0 atom stereocenters. The topological polar surface area (TPSA) is 63.9 Å². The lowest BCUT2D eigenvalue weighted by Crippen LogP contribution is -2.59. The first-order chi connectivity index (χ1) is 14.6. The standard InChI is InChI=1S/C24H34N2O4/c1-18(2)29-16-20-19-8-4-5-9-21(19)30-22(20)23(27)25-17-24(10-14-28-15-11-24)26-12-6-3-7-13-26/h4-5,8-9,18H,3,6-7,10-17H2,1-2H3,(H,25,27). The molecule has 0 aliphatic carbocycles. The van der Waals surface area contributed by atoms with Crippen molar-refractivity contribution in [2.45, 2.75) is 64.2 Å². The number of piperidine rings is 1. The molecule has 0 spiro atoms. The highest BCUT2D eigenvalue weighted by atomic mass is 16.5. The van der Waals surface area contributed by atoms with Gasteiger partial charge in [0.1, 0.15) is 5.58 Å². The van der Waals surface area contributed by atoms with Gasteiger partial charge in [0.2, 0.25) is 0 Å². The molecule has 0 unspecified atom stereocenters. The molecule has 0 bridgehead atoms. The van der Waals surface area contributed by atoms with Crippen molar-refractivity contribution in [2.75, 3.05) is 32.8 Å². The van der Waals surface area contributed by atoms with Gasteiger partial charge in [-0.25, -0.2) is 0 Å². The Labute approximate surface area is 178 Å². The molecule has 2 aliphatic heterocycles. The molecule has 30 heavy (non-hydrogen) atoms. The maximum absolute atomic E-state index is 13.2. The van der Waals surface area contributed by atoms with E-state index >= 15 is 0 Å². The van der Waals surface area contributed by atoms with Crippen LogP contribution in [-0.4, -0.2) is 55.3 Å². The first-order valence-electron chi connectivity index (χ1n) is 11.3. The summed E-state index contributed by atoms with van der Waals surface area (Å²) < 4.78 is 17.5. The van der Waals surface area contributed by atoms with E-state index < -0.39 is 0 Å². The van der Waals surface area contributed by atoms with Crippen LogP contribution in [-0.2, 0) is 16.1 Å². The van der Waals surface area contributed by atoms with Crippen LogP contribution < -0.4 is 5.32 Å². The van der Waals surface area contributed by atoms with E-state index in [2.05, 4.69) is 10.2 Å². The van der Waals surface area contributed by atoms with Gasteiger partial charge in [0.05, 0.1) is 12.7 Å². The zero-order valence-corrected chi connectivity index (χ0v) is 18.2. The van der Waals surface area contributed by atoms with Crippen molar-refractivity contribution in [2.24, 2.45) is 0 Å². The van der Waals surface area contributed by atoms with E-state index in [0.29, 0.717) is 18.9 Å². The summed E-state index contributed by atoms with van der Waals surface area (Å²) in [4.78, 5) is 15.8. The maximum atomic E-state index is 13.2. The monoisotopic (exact) mass is 414 g/mol. The van der Waals surface area contributed by atoms with Gasteiger partial charge in [-0.15, -0.1) is 0 Å². The Bertz CT molecular complexity index is 848. The second-order valence-electron chi connectivity index (χ2n) is 8.83. The van der Waals surface area contributed by atoms with E-state index in [1.807, 2.05) is 38.1 Å². The van der Waals surface area contributed by atoms with Crippen LogP contribution in [0.5, 0.6) is 0 Å².